The second kappa shape index (κ2) is 6.00. The molecule has 0 aliphatic rings. The fraction of sp³-hybridized carbons (Fsp3) is 0.417. The Morgan fingerprint density at radius 1 is 1.50 bits per heavy atom. The number of rotatable bonds is 5. The van der Waals surface area contributed by atoms with Crippen LogP contribution in [0.15, 0.2) is 24.3 Å². The minimum atomic E-state index is -0.0238. The minimum Gasteiger partial charge on any atom is -0.484 e. The highest BCUT2D eigenvalue weighted by molar-refractivity contribution is 5.77. The van der Waals surface area contributed by atoms with Gasteiger partial charge in [-0.3, -0.25) is 4.79 Å². The molecule has 88 valence electrons. The van der Waals surface area contributed by atoms with Crippen molar-refractivity contribution in [3.8, 4) is 5.75 Å². The first-order valence-corrected chi connectivity index (χ1v) is 5.35. The van der Waals surface area contributed by atoms with Gasteiger partial charge in [0, 0.05) is 25.3 Å². The SMILES string of the molecule is CCCN(C)C(=O)COc1cccc(N)c1. The Kier molecular flexibility index (Phi) is 4.64. The molecule has 1 aromatic rings. The summed E-state index contributed by atoms with van der Waals surface area (Å²) in [4.78, 5) is 13.2. The lowest BCUT2D eigenvalue weighted by molar-refractivity contribution is -0.132. The van der Waals surface area contributed by atoms with Crippen LogP contribution in [0.25, 0.3) is 0 Å². The van der Waals surface area contributed by atoms with Crippen LogP contribution in [-0.4, -0.2) is 31.0 Å². The summed E-state index contributed by atoms with van der Waals surface area (Å²) in [5.41, 5.74) is 6.23. The quantitative estimate of drug-likeness (QED) is 0.768. The maximum atomic E-state index is 11.6. The molecule has 0 radical (unpaired) electrons. The van der Waals surface area contributed by atoms with E-state index in [9.17, 15) is 4.79 Å². The van der Waals surface area contributed by atoms with Gasteiger partial charge >= 0.3 is 0 Å². The molecule has 0 heterocycles. The molecule has 1 amide bonds. The van der Waals surface area contributed by atoms with Crippen molar-refractivity contribution in [2.24, 2.45) is 0 Å². The molecule has 16 heavy (non-hydrogen) atoms. The van der Waals surface area contributed by atoms with E-state index in [-0.39, 0.29) is 12.5 Å². The topological polar surface area (TPSA) is 55.6 Å². The van der Waals surface area contributed by atoms with E-state index >= 15 is 0 Å². The highest BCUT2D eigenvalue weighted by atomic mass is 16.5. The molecule has 0 unspecified atom stereocenters. The summed E-state index contributed by atoms with van der Waals surface area (Å²) in [7, 11) is 1.77. The van der Waals surface area contributed by atoms with Gasteiger partial charge < -0.3 is 15.4 Å². The maximum Gasteiger partial charge on any atom is 0.260 e. The van der Waals surface area contributed by atoms with Crippen LogP contribution in [0.2, 0.25) is 0 Å². The molecule has 1 rings (SSSR count). The Morgan fingerprint density at radius 3 is 2.88 bits per heavy atom. The van der Waals surface area contributed by atoms with Crippen molar-refractivity contribution in [3.05, 3.63) is 24.3 Å². The van der Waals surface area contributed by atoms with E-state index in [2.05, 4.69) is 0 Å². The zero-order valence-electron chi connectivity index (χ0n) is 9.77. The van der Waals surface area contributed by atoms with Gasteiger partial charge in [-0.05, 0) is 18.6 Å². The Balaban J connectivity index is 2.42. The Labute approximate surface area is 96.0 Å². The number of likely N-dealkylation sites (N-methyl/N-ethyl adjacent to an activating group) is 1. The van der Waals surface area contributed by atoms with E-state index in [1.807, 2.05) is 6.92 Å². The summed E-state index contributed by atoms with van der Waals surface area (Å²) in [5.74, 6) is 0.600. The molecular formula is C12H18N2O2. The molecule has 0 spiro atoms. The van der Waals surface area contributed by atoms with Gasteiger partial charge in [0.1, 0.15) is 5.75 Å². The third-order valence-electron chi connectivity index (χ3n) is 2.21. The van der Waals surface area contributed by atoms with Crippen LogP contribution in [0.3, 0.4) is 0 Å². The van der Waals surface area contributed by atoms with Crippen molar-refractivity contribution < 1.29 is 9.53 Å². The molecular weight excluding hydrogens is 204 g/mol. The normalized spacial score (nSPS) is 9.88. The van der Waals surface area contributed by atoms with Crippen LogP contribution in [0.5, 0.6) is 5.75 Å². The van der Waals surface area contributed by atoms with Gasteiger partial charge in [0.2, 0.25) is 0 Å². The predicted molar refractivity (Wildman–Crippen MR) is 64.3 cm³/mol. The number of anilines is 1. The number of ether oxygens (including phenoxy) is 1. The third-order valence-corrected chi connectivity index (χ3v) is 2.21. The van der Waals surface area contributed by atoms with Crippen LogP contribution in [0.1, 0.15) is 13.3 Å². The fourth-order valence-corrected chi connectivity index (χ4v) is 1.32. The first kappa shape index (κ1) is 12.4. The van der Waals surface area contributed by atoms with E-state index in [1.54, 1.807) is 36.2 Å². The molecule has 0 saturated heterocycles. The van der Waals surface area contributed by atoms with Gasteiger partial charge in [-0.15, -0.1) is 0 Å². The smallest absolute Gasteiger partial charge is 0.260 e. The molecule has 0 saturated carbocycles. The van der Waals surface area contributed by atoms with E-state index in [4.69, 9.17) is 10.5 Å². The average molecular weight is 222 g/mol. The summed E-state index contributed by atoms with van der Waals surface area (Å²) in [6, 6.07) is 7.05. The number of hydrogen-bond acceptors (Lipinski definition) is 3. The standard InChI is InChI=1S/C12H18N2O2/c1-3-7-14(2)12(15)9-16-11-6-4-5-10(13)8-11/h4-6,8H,3,7,9,13H2,1-2H3. The van der Waals surface area contributed by atoms with Crippen molar-refractivity contribution in [2.75, 3.05) is 25.9 Å². The second-order valence-electron chi connectivity index (χ2n) is 3.68. The Hall–Kier alpha value is -1.71. The lowest BCUT2D eigenvalue weighted by atomic mass is 10.3. The highest BCUT2D eigenvalue weighted by Crippen LogP contribution is 2.14. The number of hydrogen-bond donors (Lipinski definition) is 1. The summed E-state index contributed by atoms with van der Waals surface area (Å²) in [6.07, 6.45) is 0.945. The summed E-state index contributed by atoms with van der Waals surface area (Å²) in [5, 5.41) is 0. The summed E-state index contributed by atoms with van der Waals surface area (Å²) >= 11 is 0. The molecule has 0 fully saturated rings. The number of benzene rings is 1. The molecule has 0 aromatic heterocycles. The van der Waals surface area contributed by atoms with Gasteiger partial charge in [-0.2, -0.15) is 0 Å². The van der Waals surface area contributed by atoms with Crippen molar-refractivity contribution in [1.29, 1.82) is 0 Å². The van der Waals surface area contributed by atoms with Crippen molar-refractivity contribution in [2.45, 2.75) is 13.3 Å². The maximum absolute atomic E-state index is 11.6. The lowest BCUT2D eigenvalue weighted by Crippen LogP contribution is -2.31. The predicted octanol–water partition coefficient (Wildman–Crippen LogP) is 1.52. The molecule has 4 nitrogen and oxygen atoms in total. The molecule has 0 aliphatic carbocycles. The lowest BCUT2D eigenvalue weighted by Gasteiger charge is -2.16. The molecule has 0 aliphatic heterocycles. The largest absolute Gasteiger partial charge is 0.484 e. The zero-order chi connectivity index (χ0) is 12.0. The van der Waals surface area contributed by atoms with Gasteiger partial charge in [0.15, 0.2) is 6.61 Å². The van der Waals surface area contributed by atoms with Gasteiger partial charge in [-0.1, -0.05) is 13.0 Å². The molecule has 0 atom stereocenters. The number of amides is 1. The van der Waals surface area contributed by atoms with E-state index in [1.165, 1.54) is 0 Å². The van der Waals surface area contributed by atoms with Gasteiger partial charge in [-0.25, -0.2) is 0 Å². The summed E-state index contributed by atoms with van der Waals surface area (Å²) < 4.78 is 5.34. The second-order valence-corrected chi connectivity index (χ2v) is 3.68. The van der Waals surface area contributed by atoms with Crippen molar-refractivity contribution in [1.82, 2.24) is 4.90 Å². The first-order valence-electron chi connectivity index (χ1n) is 5.35. The monoisotopic (exact) mass is 222 g/mol. The first-order chi connectivity index (χ1) is 7.63. The number of nitrogen functional groups attached to an aromatic ring is 1. The van der Waals surface area contributed by atoms with Crippen LogP contribution in [-0.2, 0) is 4.79 Å². The summed E-state index contributed by atoms with van der Waals surface area (Å²) in [6.45, 7) is 2.83. The minimum absolute atomic E-state index is 0.0238. The average Bonchev–Trinajstić information content (AvgIpc) is 2.26. The number of carbonyl (C=O) groups is 1. The Morgan fingerprint density at radius 2 is 2.25 bits per heavy atom. The van der Waals surface area contributed by atoms with Crippen LogP contribution < -0.4 is 10.5 Å². The third kappa shape index (κ3) is 3.81. The van der Waals surface area contributed by atoms with Crippen LogP contribution >= 0.6 is 0 Å². The van der Waals surface area contributed by atoms with Crippen LogP contribution in [0, 0.1) is 0 Å². The van der Waals surface area contributed by atoms with Gasteiger partial charge in [0.25, 0.3) is 5.91 Å². The highest BCUT2D eigenvalue weighted by Gasteiger charge is 2.08. The van der Waals surface area contributed by atoms with Crippen molar-refractivity contribution >= 4 is 11.6 Å². The number of carbonyl (C=O) groups excluding carboxylic acids is 1. The van der Waals surface area contributed by atoms with Gasteiger partial charge in [0.05, 0.1) is 0 Å². The molecule has 0 bridgehead atoms. The Bertz CT molecular complexity index is 353. The molecule has 2 N–H and O–H groups in total. The van der Waals surface area contributed by atoms with Crippen molar-refractivity contribution in [3.63, 3.8) is 0 Å². The fourth-order valence-electron chi connectivity index (χ4n) is 1.32. The molecule has 4 heteroatoms. The van der Waals surface area contributed by atoms with E-state index in [0.29, 0.717) is 11.4 Å². The van der Waals surface area contributed by atoms with E-state index < -0.39 is 0 Å². The zero-order valence-corrected chi connectivity index (χ0v) is 9.77. The number of nitrogens with zero attached hydrogens (tertiary/aromatic N) is 1. The van der Waals surface area contributed by atoms with Crippen LogP contribution in [0.4, 0.5) is 5.69 Å². The van der Waals surface area contributed by atoms with E-state index in [0.717, 1.165) is 13.0 Å². The number of nitrogens with two attached hydrogens (primary N) is 1. The molecule has 1 aromatic carbocycles.